The number of Topliss-reactive ketones (excluding diaryl/α,β-unsaturated/α-hetero) is 1. The first-order valence-electron chi connectivity index (χ1n) is 11.0. The summed E-state index contributed by atoms with van der Waals surface area (Å²) >= 11 is 0. The highest BCUT2D eigenvalue weighted by Crippen LogP contribution is 2.26. The van der Waals surface area contributed by atoms with Crippen molar-refractivity contribution in [3.05, 3.63) is 88.4 Å². The number of carbonyl (C=O) groups excluding carboxylic acids is 1. The molecule has 180 valence electrons. The molecule has 34 heavy (non-hydrogen) atoms. The predicted octanol–water partition coefficient (Wildman–Crippen LogP) is 5.09. The maximum atomic E-state index is 14.3. The van der Waals surface area contributed by atoms with E-state index in [-0.39, 0.29) is 17.9 Å². The Morgan fingerprint density at radius 2 is 1.79 bits per heavy atom. The van der Waals surface area contributed by atoms with Gasteiger partial charge in [-0.3, -0.25) is 9.52 Å². The molecule has 6 nitrogen and oxygen atoms in total. The van der Waals surface area contributed by atoms with Crippen molar-refractivity contribution in [2.75, 3.05) is 11.0 Å². The summed E-state index contributed by atoms with van der Waals surface area (Å²) in [6.45, 7) is 5.99. The number of ketones is 1. The molecule has 0 bridgehead atoms. The van der Waals surface area contributed by atoms with E-state index in [1.165, 1.54) is 17.7 Å². The Labute approximate surface area is 200 Å². The van der Waals surface area contributed by atoms with Crippen LogP contribution in [0.4, 0.5) is 10.1 Å². The van der Waals surface area contributed by atoms with Crippen LogP contribution in [0, 0.1) is 19.7 Å². The molecule has 1 unspecified atom stereocenters. The predicted molar refractivity (Wildman–Crippen MR) is 131 cm³/mol. The third-order valence-corrected chi connectivity index (χ3v) is 6.08. The van der Waals surface area contributed by atoms with Crippen LogP contribution >= 0.6 is 0 Å². The van der Waals surface area contributed by atoms with E-state index in [9.17, 15) is 17.6 Å². The summed E-state index contributed by atoms with van der Waals surface area (Å²) in [7, 11) is -3.59. The minimum atomic E-state index is -3.59. The third-order valence-electron chi connectivity index (χ3n) is 5.49. The quantitative estimate of drug-likeness (QED) is 0.433. The van der Waals surface area contributed by atoms with E-state index in [2.05, 4.69) is 9.71 Å². The van der Waals surface area contributed by atoms with E-state index in [0.717, 1.165) is 23.1 Å². The zero-order valence-corrected chi connectivity index (χ0v) is 20.6. The summed E-state index contributed by atoms with van der Waals surface area (Å²) in [6.07, 6.45) is 1.62. The molecule has 2 aromatic carbocycles. The van der Waals surface area contributed by atoms with E-state index in [4.69, 9.17) is 4.74 Å². The lowest BCUT2D eigenvalue weighted by atomic mass is 9.93. The second-order valence-electron chi connectivity index (χ2n) is 8.49. The Morgan fingerprint density at radius 1 is 1.09 bits per heavy atom. The number of rotatable bonds is 10. The van der Waals surface area contributed by atoms with Gasteiger partial charge in [0.2, 0.25) is 15.9 Å². The van der Waals surface area contributed by atoms with Crippen molar-refractivity contribution in [1.82, 2.24) is 4.98 Å². The van der Waals surface area contributed by atoms with Crippen LogP contribution in [0.2, 0.25) is 0 Å². The van der Waals surface area contributed by atoms with Gasteiger partial charge in [0.15, 0.2) is 0 Å². The Hall–Kier alpha value is -3.26. The first-order chi connectivity index (χ1) is 16.0. The maximum Gasteiger partial charge on any atom is 0.229 e. The van der Waals surface area contributed by atoms with Crippen molar-refractivity contribution < 1.29 is 22.3 Å². The fraction of sp³-hybridized carbons (Fsp3) is 0.308. The minimum absolute atomic E-state index is 0.0618. The molecule has 0 amide bonds. The highest BCUT2D eigenvalue weighted by Gasteiger charge is 2.19. The molecule has 0 spiro atoms. The fourth-order valence-corrected chi connectivity index (χ4v) is 4.02. The molecule has 0 aliphatic carbocycles. The van der Waals surface area contributed by atoms with Gasteiger partial charge in [0.05, 0.1) is 11.9 Å². The summed E-state index contributed by atoms with van der Waals surface area (Å²) in [4.78, 5) is 17.3. The summed E-state index contributed by atoms with van der Waals surface area (Å²) in [5, 5.41) is 0. The smallest absolute Gasteiger partial charge is 0.229 e. The molecule has 0 aliphatic heterocycles. The number of ether oxygens (including phenoxy) is 1. The third kappa shape index (κ3) is 7.12. The number of benzene rings is 2. The molecule has 1 heterocycles. The van der Waals surface area contributed by atoms with E-state index in [1.807, 2.05) is 50.2 Å². The first kappa shape index (κ1) is 25.4. The average molecular weight is 485 g/mol. The molecule has 1 aromatic heterocycles. The van der Waals surface area contributed by atoms with Crippen LogP contribution in [0.15, 0.2) is 54.6 Å². The number of anilines is 1. The fourth-order valence-electron chi connectivity index (χ4n) is 3.46. The number of aromatic nitrogens is 1. The highest BCUT2D eigenvalue weighted by molar-refractivity contribution is 7.92. The Balaban J connectivity index is 1.66. The number of hydrogen-bond acceptors (Lipinski definition) is 5. The van der Waals surface area contributed by atoms with Gasteiger partial charge in [-0.2, -0.15) is 0 Å². The van der Waals surface area contributed by atoms with Gasteiger partial charge in [-0.25, -0.2) is 17.8 Å². The lowest BCUT2D eigenvalue weighted by Gasteiger charge is -2.14. The zero-order chi connectivity index (χ0) is 24.9. The standard InChI is InChI=1S/C26H29FN2O4S/c1-17-5-8-20(9-6-17)16-33-26-21(10-7-18(2)28-26)12-14-25(30)19(3)22-11-13-24(23(27)15-22)29-34(4,31)32/h5-11,13,15,19,29H,12,14,16H2,1-4H3. The maximum absolute atomic E-state index is 14.3. The molecule has 1 atom stereocenters. The Bertz CT molecular complexity index is 1270. The lowest BCUT2D eigenvalue weighted by molar-refractivity contribution is -0.120. The summed E-state index contributed by atoms with van der Waals surface area (Å²) < 4.78 is 45.1. The number of hydrogen-bond donors (Lipinski definition) is 1. The number of carbonyl (C=O) groups is 1. The first-order valence-corrected chi connectivity index (χ1v) is 12.9. The molecule has 0 saturated carbocycles. The van der Waals surface area contributed by atoms with E-state index < -0.39 is 21.8 Å². The molecule has 3 rings (SSSR count). The number of aryl methyl sites for hydroxylation is 3. The topological polar surface area (TPSA) is 85.4 Å². The number of halogens is 1. The van der Waals surface area contributed by atoms with Crippen molar-refractivity contribution in [3.8, 4) is 5.88 Å². The van der Waals surface area contributed by atoms with Crippen molar-refractivity contribution in [3.63, 3.8) is 0 Å². The normalized spacial score (nSPS) is 12.3. The summed E-state index contributed by atoms with van der Waals surface area (Å²) in [5.74, 6) is -0.828. The van der Waals surface area contributed by atoms with Crippen LogP contribution in [0.1, 0.15) is 47.2 Å². The lowest BCUT2D eigenvalue weighted by Crippen LogP contribution is -2.13. The minimum Gasteiger partial charge on any atom is -0.473 e. The molecule has 3 aromatic rings. The summed E-state index contributed by atoms with van der Waals surface area (Å²) in [5.41, 5.74) is 4.19. The second-order valence-corrected chi connectivity index (χ2v) is 10.2. The van der Waals surface area contributed by atoms with Gasteiger partial charge >= 0.3 is 0 Å². The van der Waals surface area contributed by atoms with Crippen molar-refractivity contribution in [2.24, 2.45) is 0 Å². The van der Waals surface area contributed by atoms with Crippen molar-refractivity contribution in [2.45, 2.75) is 46.1 Å². The highest BCUT2D eigenvalue weighted by atomic mass is 32.2. The average Bonchev–Trinajstić information content (AvgIpc) is 2.78. The van der Waals surface area contributed by atoms with Gasteiger partial charge in [0.25, 0.3) is 0 Å². The van der Waals surface area contributed by atoms with Crippen LogP contribution in [0.3, 0.4) is 0 Å². The van der Waals surface area contributed by atoms with Crippen LogP contribution in [0.5, 0.6) is 5.88 Å². The van der Waals surface area contributed by atoms with Gasteiger partial charge in [-0.1, -0.05) is 48.9 Å². The Morgan fingerprint density at radius 3 is 2.44 bits per heavy atom. The molecule has 0 radical (unpaired) electrons. The van der Waals surface area contributed by atoms with Crippen molar-refractivity contribution in [1.29, 1.82) is 0 Å². The molecular formula is C26H29FN2O4S. The monoisotopic (exact) mass is 484 g/mol. The van der Waals surface area contributed by atoms with Crippen LogP contribution in [0.25, 0.3) is 0 Å². The molecule has 0 aliphatic rings. The Kier molecular flexibility index (Phi) is 8.04. The van der Waals surface area contributed by atoms with Crippen LogP contribution < -0.4 is 9.46 Å². The largest absolute Gasteiger partial charge is 0.473 e. The number of nitrogens with one attached hydrogen (secondary N) is 1. The molecule has 0 saturated heterocycles. The van der Waals surface area contributed by atoms with E-state index in [0.29, 0.717) is 24.5 Å². The van der Waals surface area contributed by atoms with Gasteiger partial charge in [-0.15, -0.1) is 0 Å². The second kappa shape index (κ2) is 10.8. The number of sulfonamides is 1. The van der Waals surface area contributed by atoms with Gasteiger partial charge in [-0.05, 0) is 49.6 Å². The van der Waals surface area contributed by atoms with Gasteiger partial charge in [0, 0.05) is 23.6 Å². The van der Waals surface area contributed by atoms with Crippen molar-refractivity contribution >= 4 is 21.5 Å². The molecule has 0 fully saturated rings. The van der Waals surface area contributed by atoms with Crippen LogP contribution in [-0.2, 0) is 27.8 Å². The zero-order valence-electron chi connectivity index (χ0n) is 19.8. The SMILES string of the molecule is Cc1ccc(COc2nc(C)ccc2CCC(=O)C(C)c2ccc(NS(C)(=O)=O)c(F)c2)cc1. The number of nitrogens with zero attached hydrogens (tertiary/aromatic N) is 1. The molecular weight excluding hydrogens is 455 g/mol. The number of pyridine rings is 1. The molecule has 8 heteroatoms. The summed E-state index contributed by atoms with van der Waals surface area (Å²) in [6, 6.07) is 15.9. The molecule has 1 N–H and O–H groups in total. The van der Waals surface area contributed by atoms with E-state index >= 15 is 0 Å². The van der Waals surface area contributed by atoms with E-state index in [1.54, 1.807) is 13.0 Å². The van der Waals surface area contributed by atoms with Gasteiger partial charge in [0.1, 0.15) is 18.2 Å². The van der Waals surface area contributed by atoms with Crippen LogP contribution in [-0.4, -0.2) is 25.4 Å². The van der Waals surface area contributed by atoms with Gasteiger partial charge < -0.3 is 4.74 Å².